The lowest BCUT2D eigenvalue weighted by Crippen LogP contribution is -1.97. The van der Waals surface area contributed by atoms with Gasteiger partial charge in [0.25, 0.3) is 0 Å². The summed E-state index contributed by atoms with van der Waals surface area (Å²) >= 11 is 0. The molecule has 0 saturated carbocycles. The molecule has 158 valence electrons. The predicted molar refractivity (Wildman–Crippen MR) is 137 cm³/mol. The first kappa shape index (κ1) is 19.6. The van der Waals surface area contributed by atoms with Crippen molar-refractivity contribution in [1.29, 1.82) is 0 Å². The predicted octanol–water partition coefficient (Wildman–Crippen LogP) is 7.21. The highest BCUT2D eigenvalue weighted by atomic mass is 14.7. The maximum absolute atomic E-state index is 4.76. The zero-order valence-corrected chi connectivity index (χ0v) is 18.7. The summed E-state index contributed by atoms with van der Waals surface area (Å²) in [5.74, 6) is 0. The highest BCUT2D eigenvalue weighted by Gasteiger charge is 2.15. The molecule has 3 nitrogen and oxygen atoms in total. The van der Waals surface area contributed by atoms with Crippen molar-refractivity contribution in [2.45, 2.75) is 20.3 Å². The fourth-order valence-electron chi connectivity index (χ4n) is 4.80. The molecule has 0 atom stereocenters. The SMILES string of the molecule is Cc1cc2cc(Cc3c(-c4cc(C)nc5ccccc45)ccc4ncccc34)ccc2cn1. The lowest BCUT2D eigenvalue weighted by atomic mass is 9.89. The lowest BCUT2D eigenvalue weighted by Gasteiger charge is -2.16. The fourth-order valence-corrected chi connectivity index (χ4v) is 4.80. The van der Waals surface area contributed by atoms with Crippen LogP contribution in [0.1, 0.15) is 22.5 Å². The summed E-state index contributed by atoms with van der Waals surface area (Å²) in [4.78, 5) is 13.8. The van der Waals surface area contributed by atoms with Crippen LogP contribution < -0.4 is 0 Å². The van der Waals surface area contributed by atoms with E-state index in [4.69, 9.17) is 4.98 Å². The summed E-state index contributed by atoms with van der Waals surface area (Å²) < 4.78 is 0. The Labute approximate surface area is 192 Å². The van der Waals surface area contributed by atoms with E-state index in [1.54, 1.807) is 0 Å². The number of fused-ring (bicyclic) bond motifs is 3. The Bertz CT molecular complexity index is 1670. The van der Waals surface area contributed by atoms with Crippen LogP contribution in [0.25, 0.3) is 43.7 Å². The first-order valence-corrected chi connectivity index (χ1v) is 11.2. The van der Waals surface area contributed by atoms with Crippen LogP contribution in [0.2, 0.25) is 0 Å². The normalized spacial score (nSPS) is 11.5. The Morgan fingerprint density at radius 1 is 0.636 bits per heavy atom. The molecule has 0 amide bonds. The van der Waals surface area contributed by atoms with Gasteiger partial charge in [0.2, 0.25) is 0 Å². The number of pyridine rings is 3. The Kier molecular flexibility index (Phi) is 4.62. The highest BCUT2D eigenvalue weighted by molar-refractivity contribution is 5.99. The van der Waals surface area contributed by atoms with Gasteiger partial charge >= 0.3 is 0 Å². The number of hydrogen-bond acceptors (Lipinski definition) is 3. The van der Waals surface area contributed by atoms with Gasteiger partial charge in [-0.1, -0.05) is 48.5 Å². The summed E-state index contributed by atoms with van der Waals surface area (Å²) in [6, 6.07) is 28.0. The topological polar surface area (TPSA) is 38.7 Å². The second-order valence-corrected chi connectivity index (χ2v) is 8.67. The number of benzene rings is 3. The van der Waals surface area contributed by atoms with E-state index in [2.05, 4.69) is 89.7 Å². The first-order valence-electron chi connectivity index (χ1n) is 11.2. The molecule has 0 fully saturated rings. The molecule has 0 radical (unpaired) electrons. The van der Waals surface area contributed by atoms with Crippen molar-refractivity contribution < 1.29 is 0 Å². The van der Waals surface area contributed by atoms with E-state index in [1.807, 2.05) is 25.4 Å². The average molecular weight is 426 g/mol. The van der Waals surface area contributed by atoms with Gasteiger partial charge in [0.05, 0.1) is 11.0 Å². The van der Waals surface area contributed by atoms with E-state index in [1.165, 1.54) is 43.8 Å². The standard InChI is InChI=1S/C30H23N3/c1-19-14-23-16-21(9-10-22(23)18-32-19)17-28-24(11-12-29-25(28)7-5-13-31-29)27-15-20(2)33-30-8-4-3-6-26(27)30/h3-16,18H,17H2,1-2H3. The van der Waals surface area contributed by atoms with Crippen LogP contribution in [0.5, 0.6) is 0 Å². The van der Waals surface area contributed by atoms with Crippen LogP contribution >= 0.6 is 0 Å². The molecular formula is C30H23N3. The van der Waals surface area contributed by atoms with Crippen LogP contribution in [0.3, 0.4) is 0 Å². The summed E-state index contributed by atoms with van der Waals surface area (Å²) in [5.41, 5.74) is 9.14. The maximum atomic E-state index is 4.76. The van der Waals surface area contributed by atoms with Gasteiger partial charge < -0.3 is 0 Å². The number of aryl methyl sites for hydroxylation is 2. The summed E-state index contributed by atoms with van der Waals surface area (Å²) in [6.07, 6.45) is 4.64. The van der Waals surface area contributed by atoms with Crippen molar-refractivity contribution >= 4 is 32.6 Å². The summed E-state index contributed by atoms with van der Waals surface area (Å²) in [5, 5.41) is 4.76. The molecule has 0 spiro atoms. The molecule has 3 aromatic carbocycles. The largest absolute Gasteiger partial charge is 0.261 e. The molecule has 0 bridgehead atoms. The monoisotopic (exact) mass is 425 g/mol. The van der Waals surface area contributed by atoms with Crippen molar-refractivity contribution in [3.05, 3.63) is 114 Å². The second-order valence-electron chi connectivity index (χ2n) is 8.67. The lowest BCUT2D eigenvalue weighted by molar-refractivity contribution is 1.20. The zero-order chi connectivity index (χ0) is 22.4. The van der Waals surface area contributed by atoms with Crippen LogP contribution in [0.4, 0.5) is 0 Å². The number of aromatic nitrogens is 3. The van der Waals surface area contributed by atoms with Crippen molar-refractivity contribution in [3.63, 3.8) is 0 Å². The Hall–Kier alpha value is -4.11. The highest BCUT2D eigenvalue weighted by Crippen LogP contribution is 2.36. The Balaban J connectivity index is 1.60. The molecule has 6 rings (SSSR count). The Morgan fingerprint density at radius 3 is 2.45 bits per heavy atom. The molecule has 0 N–H and O–H groups in total. The fraction of sp³-hybridized carbons (Fsp3) is 0.100. The minimum Gasteiger partial charge on any atom is -0.261 e. The minimum absolute atomic E-state index is 0.825. The molecule has 3 heterocycles. The van der Waals surface area contributed by atoms with Crippen LogP contribution in [-0.4, -0.2) is 15.0 Å². The van der Waals surface area contributed by atoms with Gasteiger partial charge in [0.1, 0.15) is 0 Å². The quantitative estimate of drug-likeness (QED) is 0.301. The third-order valence-electron chi connectivity index (χ3n) is 6.33. The molecule has 0 aliphatic heterocycles. The van der Waals surface area contributed by atoms with E-state index >= 15 is 0 Å². The van der Waals surface area contributed by atoms with Crippen LogP contribution in [-0.2, 0) is 6.42 Å². The first-order chi connectivity index (χ1) is 16.2. The summed E-state index contributed by atoms with van der Waals surface area (Å²) in [6.45, 7) is 4.11. The maximum Gasteiger partial charge on any atom is 0.0711 e. The van der Waals surface area contributed by atoms with Gasteiger partial charge in [0.15, 0.2) is 0 Å². The zero-order valence-electron chi connectivity index (χ0n) is 18.7. The molecule has 6 aromatic rings. The van der Waals surface area contributed by atoms with E-state index in [0.29, 0.717) is 0 Å². The van der Waals surface area contributed by atoms with Crippen molar-refractivity contribution in [2.24, 2.45) is 0 Å². The Morgan fingerprint density at radius 2 is 1.52 bits per heavy atom. The van der Waals surface area contributed by atoms with E-state index < -0.39 is 0 Å². The smallest absolute Gasteiger partial charge is 0.0711 e. The average Bonchev–Trinajstić information content (AvgIpc) is 2.83. The van der Waals surface area contributed by atoms with Crippen molar-refractivity contribution in [3.8, 4) is 11.1 Å². The van der Waals surface area contributed by atoms with Crippen LogP contribution in [0.15, 0.2) is 91.3 Å². The van der Waals surface area contributed by atoms with E-state index in [0.717, 1.165) is 28.8 Å². The van der Waals surface area contributed by atoms with E-state index in [9.17, 15) is 0 Å². The van der Waals surface area contributed by atoms with Crippen LogP contribution in [0, 0.1) is 13.8 Å². The molecule has 0 aliphatic rings. The number of para-hydroxylation sites is 1. The molecule has 0 aliphatic carbocycles. The molecular weight excluding hydrogens is 402 g/mol. The number of nitrogens with zero attached hydrogens (tertiary/aromatic N) is 3. The van der Waals surface area contributed by atoms with Gasteiger partial charge in [-0.2, -0.15) is 0 Å². The molecule has 33 heavy (non-hydrogen) atoms. The molecule has 3 heteroatoms. The minimum atomic E-state index is 0.825. The number of rotatable bonds is 3. The number of hydrogen-bond donors (Lipinski definition) is 0. The van der Waals surface area contributed by atoms with Gasteiger partial charge in [-0.25, -0.2) is 0 Å². The third kappa shape index (κ3) is 3.52. The van der Waals surface area contributed by atoms with Gasteiger partial charge in [-0.15, -0.1) is 0 Å². The van der Waals surface area contributed by atoms with Gasteiger partial charge in [-0.05, 0) is 78.2 Å². The molecule has 3 aromatic heterocycles. The van der Waals surface area contributed by atoms with Crippen molar-refractivity contribution in [1.82, 2.24) is 15.0 Å². The van der Waals surface area contributed by atoms with Gasteiger partial charge in [-0.3, -0.25) is 15.0 Å². The third-order valence-corrected chi connectivity index (χ3v) is 6.33. The molecule has 0 saturated heterocycles. The van der Waals surface area contributed by atoms with E-state index in [-0.39, 0.29) is 0 Å². The van der Waals surface area contributed by atoms with Gasteiger partial charge in [0, 0.05) is 39.9 Å². The molecule has 0 unspecified atom stereocenters. The van der Waals surface area contributed by atoms with Crippen molar-refractivity contribution in [2.75, 3.05) is 0 Å². The summed E-state index contributed by atoms with van der Waals surface area (Å²) in [7, 11) is 0. The second kappa shape index (κ2) is 7.79.